The van der Waals surface area contributed by atoms with Gasteiger partial charge in [0.15, 0.2) is 0 Å². The highest BCUT2D eigenvalue weighted by atomic mass is 35.5. The maximum Gasteiger partial charge on any atom is 0.119 e. The molecule has 0 N–H and O–H groups in total. The Labute approximate surface area is 225 Å². The minimum Gasteiger partial charge on any atom is -0.491 e. The van der Waals surface area contributed by atoms with Crippen LogP contribution >= 0.6 is 11.6 Å². The summed E-state index contributed by atoms with van der Waals surface area (Å²) in [5.41, 5.74) is 5.84. The summed E-state index contributed by atoms with van der Waals surface area (Å²) in [6, 6.07) is 39.0. The molecule has 0 aliphatic rings. The number of rotatable bonds is 14. The summed E-state index contributed by atoms with van der Waals surface area (Å²) < 4.78 is 17.1. The second-order valence-electron chi connectivity index (χ2n) is 8.69. The molecule has 4 aromatic carbocycles. The van der Waals surface area contributed by atoms with Crippen molar-refractivity contribution in [2.45, 2.75) is 18.4 Å². The maximum absolute atomic E-state index is 6.85. The zero-order valence-electron chi connectivity index (χ0n) is 21.0. The zero-order valence-corrected chi connectivity index (χ0v) is 21.7. The number of halogens is 1. The molecule has 3 nitrogen and oxygen atoms in total. The van der Waals surface area contributed by atoms with E-state index in [0.29, 0.717) is 33.0 Å². The highest BCUT2D eigenvalue weighted by Gasteiger charge is 2.10. The van der Waals surface area contributed by atoms with E-state index in [9.17, 15) is 0 Å². The van der Waals surface area contributed by atoms with Gasteiger partial charge in [0.25, 0.3) is 0 Å². The first kappa shape index (κ1) is 26.7. The molecule has 1 atom stereocenters. The first-order chi connectivity index (χ1) is 18.3. The number of alkyl halides is 1. The minimum atomic E-state index is -0.243. The Morgan fingerprint density at radius 3 is 1.86 bits per heavy atom. The van der Waals surface area contributed by atoms with Crippen molar-refractivity contribution < 1.29 is 14.2 Å². The van der Waals surface area contributed by atoms with Gasteiger partial charge < -0.3 is 14.2 Å². The van der Waals surface area contributed by atoms with Crippen LogP contribution in [0, 0.1) is 0 Å². The molecule has 0 heterocycles. The predicted molar refractivity (Wildman–Crippen MR) is 152 cm³/mol. The zero-order chi connectivity index (χ0) is 25.5. The van der Waals surface area contributed by atoms with Crippen molar-refractivity contribution in [3.8, 4) is 5.75 Å². The van der Waals surface area contributed by atoms with Crippen molar-refractivity contribution in [2.75, 3.05) is 26.4 Å². The van der Waals surface area contributed by atoms with E-state index in [-0.39, 0.29) is 5.38 Å². The number of ether oxygens (including phenoxy) is 3. The summed E-state index contributed by atoms with van der Waals surface area (Å²) in [6.07, 6.45) is 2.97. The minimum absolute atomic E-state index is 0.243. The van der Waals surface area contributed by atoms with Gasteiger partial charge in [0.05, 0.1) is 31.8 Å². The van der Waals surface area contributed by atoms with Gasteiger partial charge in [-0.15, -0.1) is 11.6 Å². The van der Waals surface area contributed by atoms with Gasteiger partial charge in [-0.3, -0.25) is 0 Å². The molecule has 0 amide bonds. The van der Waals surface area contributed by atoms with Gasteiger partial charge in [0, 0.05) is 0 Å². The Balaban J connectivity index is 1.23. The molecule has 0 fully saturated rings. The molecule has 4 rings (SSSR count). The van der Waals surface area contributed by atoms with Gasteiger partial charge in [0.2, 0.25) is 0 Å². The van der Waals surface area contributed by atoms with Crippen molar-refractivity contribution in [3.63, 3.8) is 0 Å². The Morgan fingerprint density at radius 2 is 1.19 bits per heavy atom. The molecule has 0 aromatic heterocycles. The monoisotopic (exact) mass is 512 g/mol. The molecule has 190 valence electrons. The van der Waals surface area contributed by atoms with Gasteiger partial charge in [-0.05, 0) is 46.4 Å². The lowest BCUT2D eigenvalue weighted by Gasteiger charge is -2.13. The molecule has 0 radical (unpaired) electrons. The van der Waals surface area contributed by atoms with Crippen LogP contribution in [0.15, 0.2) is 121 Å². The van der Waals surface area contributed by atoms with E-state index in [0.717, 1.165) is 23.3 Å². The fraction of sp³-hybridized carbons (Fsp3) is 0.212. The van der Waals surface area contributed by atoms with E-state index >= 15 is 0 Å². The molecular weight excluding hydrogens is 480 g/mol. The molecule has 0 saturated heterocycles. The van der Waals surface area contributed by atoms with Crippen molar-refractivity contribution >= 4 is 17.2 Å². The van der Waals surface area contributed by atoms with E-state index < -0.39 is 0 Å². The van der Waals surface area contributed by atoms with Crippen LogP contribution in [0.5, 0.6) is 5.75 Å². The average Bonchev–Trinajstić information content (AvgIpc) is 2.96. The third kappa shape index (κ3) is 9.22. The number of allylic oxidation sites excluding steroid dienone is 2. The van der Waals surface area contributed by atoms with Crippen molar-refractivity contribution in [3.05, 3.63) is 144 Å². The summed E-state index contributed by atoms with van der Waals surface area (Å²) in [5, 5.41) is -0.243. The van der Waals surface area contributed by atoms with Crippen LogP contribution in [0.25, 0.3) is 5.57 Å². The van der Waals surface area contributed by atoms with Crippen LogP contribution < -0.4 is 4.74 Å². The highest BCUT2D eigenvalue weighted by molar-refractivity contribution is 6.22. The Hall–Kier alpha value is -3.37. The van der Waals surface area contributed by atoms with Gasteiger partial charge in [-0.25, -0.2) is 0 Å². The molecule has 0 saturated carbocycles. The molecule has 4 aromatic rings. The number of hydrogen-bond donors (Lipinski definition) is 0. The Morgan fingerprint density at radius 1 is 0.622 bits per heavy atom. The largest absolute Gasteiger partial charge is 0.491 e. The molecule has 0 spiro atoms. The fourth-order valence-corrected chi connectivity index (χ4v) is 4.25. The van der Waals surface area contributed by atoms with E-state index in [1.807, 2.05) is 54.6 Å². The van der Waals surface area contributed by atoms with E-state index in [4.69, 9.17) is 25.8 Å². The molecule has 0 aliphatic heterocycles. The number of hydrogen-bond acceptors (Lipinski definition) is 3. The summed E-state index contributed by atoms with van der Waals surface area (Å²) in [5.74, 6) is 0.799. The summed E-state index contributed by atoms with van der Waals surface area (Å²) in [6.45, 7) is 2.70. The molecule has 1 unspecified atom stereocenters. The van der Waals surface area contributed by atoms with Gasteiger partial charge in [-0.1, -0.05) is 109 Å². The SMILES string of the molecule is ClC(/C=C(/Cc1ccccc1)c1ccccc1)c1ccc(OCCOCCOCc2ccccc2)cc1. The first-order valence-electron chi connectivity index (χ1n) is 12.6. The van der Waals surface area contributed by atoms with Gasteiger partial charge in [0.1, 0.15) is 12.4 Å². The van der Waals surface area contributed by atoms with E-state index in [2.05, 4.69) is 66.7 Å². The molecule has 37 heavy (non-hydrogen) atoms. The van der Waals surface area contributed by atoms with Crippen molar-refractivity contribution in [1.29, 1.82) is 0 Å². The lowest BCUT2D eigenvalue weighted by Crippen LogP contribution is -2.10. The second kappa shape index (κ2) is 15.0. The fourth-order valence-electron chi connectivity index (χ4n) is 3.95. The average molecular weight is 513 g/mol. The van der Waals surface area contributed by atoms with Crippen LogP contribution in [-0.4, -0.2) is 26.4 Å². The first-order valence-corrected chi connectivity index (χ1v) is 13.1. The third-order valence-electron chi connectivity index (χ3n) is 5.91. The topological polar surface area (TPSA) is 27.7 Å². The van der Waals surface area contributed by atoms with Crippen molar-refractivity contribution in [2.24, 2.45) is 0 Å². The summed E-state index contributed by atoms with van der Waals surface area (Å²) in [4.78, 5) is 0. The standard InChI is InChI=1S/C33H33ClO3/c34-33(25-31(29-14-8-3-9-15-29)24-27-10-4-1-5-11-27)30-16-18-32(19-17-30)37-23-22-35-20-21-36-26-28-12-6-2-7-13-28/h1-19,25,33H,20-24,26H2/b31-25-. The molecular formula is C33H33ClO3. The highest BCUT2D eigenvalue weighted by Crippen LogP contribution is 2.30. The quantitative estimate of drug-likeness (QED) is 0.127. The van der Waals surface area contributed by atoms with Crippen LogP contribution in [0.4, 0.5) is 0 Å². The smallest absolute Gasteiger partial charge is 0.119 e. The second-order valence-corrected chi connectivity index (χ2v) is 9.16. The summed E-state index contributed by atoms with van der Waals surface area (Å²) in [7, 11) is 0. The van der Waals surface area contributed by atoms with Crippen LogP contribution in [0.1, 0.15) is 27.6 Å². The third-order valence-corrected chi connectivity index (χ3v) is 6.29. The maximum atomic E-state index is 6.85. The predicted octanol–water partition coefficient (Wildman–Crippen LogP) is 7.91. The molecule has 4 heteroatoms. The Bertz CT molecular complexity index is 1190. The van der Waals surface area contributed by atoms with Gasteiger partial charge in [-0.2, -0.15) is 0 Å². The summed E-state index contributed by atoms with van der Waals surface area (Å²) >= 11 is 6.85. The lowest BCUT2D eigenvalue weighted by atomic mass is 9.96. The van der Waals surface area contributed by atoms with E-state index in [1.165, 1.54) is 16.7 Å². The van der Waals surface area contributed by atoms with E-state index in [1.54, 1.807) is 0 Å². The molecule has 0 bridgehead atoms. The molecule has 0 aliphatic carbocycles. The van der Waals surface area contributed by atoms with Crippen LogP contribution in [0.2, 0.25) is 0 Å². The van der Waals surface area contributed by atoms with Crippen LogP contribution in [0.3, 0.4) is 0 Å². The number of benzene rings is 4. The Kier molecular flexibility index (Phi) is 10.8. The van der Waals surface area contributed by atoms with Crippen LogP contribution in [-0.2, 0) is 22.5 Å². The normalized spacial score (nSPS) is 12.3. The van der Waals surface area contributed by atoms with Crippen molar-refractivity contribution in [1.82, 2.24) is 0 Å². The lowest BCUT2D eigenvalue weighted by molar-refractivity contribution is 0.0303. The van der Waals surface area contributed by atoms with Gasteiger partial charge >= 0.3 is 0 Å².